The summed E-state index contributed by atoms with van der Waals surface area (Å²) >= 11 is 3.26. The van der Waals surface area contributed by atoms with Crippen molar-refractivity contribution in [3.8, 4) is 11.5 Å². The molecule has 2 aliphatic heterocycles. The van der Waals surface area contributed by atoms with E-state index in [9.17, 15) is 39.6 Å². The Hall–Kier alpha value is -5.28. The van der Waals surface area contributed by atoms with Crippen LogP contribution >= 0.6 is 34.9 Å². The Morgan fingerprint density at radius 2 is 1.83 bits per heavy atom. The van der Waals surface area contributed by atoms with Crippen molar-refractivity contribution >= 4 is 81.1 Å². The Morgan fingerprint density at radius 3 is 2.43 bits per heavy atom. The maximum absolute atomic E-state index is 13.4. The van der Waals surface area contributed by atoms with Gasteiger partial charge in [0, 0.05) is 28.5 Å². The lowest BCUT2D eigenvalue weighted by Crippen LogP contribution is -2.71. The van der Waals surface area contributed by atoms with E-state index in [1.54, 1.807) is 0 Å². The summed E-state index contributed by atoms with van der Waals surface area (Å²) < 4.78 is 0. The number of rotatable bonds is 11. The number of carboxylic acid groups (broad SMARTS) is 2. The zero-order chi connectivity index (χ0) is 33.3. The first-order chi connectivity index (χ1) is 21.8. The first-order valence-electron chi connectivity index (χ1n) is 12.8. The molecule has 0 unspecified atom stereocenters. The number of aromatic nitrogens is 3. The third-order valence-electron chi connectivity index (χ3n) is 6.41. The fraction of sp³-hybridized carbons (Fsp3) is 0.200. The molecule has 1 aromatic carbocycles. The van der Waals surface area contributed by atoms with Crippen molar-refractivity contribution in [1.82, 2.24) is 25.2 Å². The minimum absolute atomic E-state index is 0.0513. The molecule has 3 atom stereocenters. The molecular weight excluding hydrogens is 667 g/mol. The zero-order valence-electron chi connectivity index (χ0n) is 23.1. The number of carbonyl (C=O) groups is 4. The Kier molecular flexibility index (Phi) is 9.07. The summed E-state index contributed by atoms with van der Waals surface area (Å²) in [6, 6.07) is 3.36. The fourth-order valence-corrected chi connectivity index (χ4v) is 7.25. The van der Waals surface area contributed by atoms with Gasteiger partial charge in [-0.2, -0.15) is 0 Å². The molecule has 0 radical (unpaired) electrons. The summed E-state index contributed by atoms with van der Waals surface area (Å²) in [6.07, 6.45) is -1.83. The molecule has 3 aromatic rings. The van der Waals surface area contributed by atoms with Crippen LogP contribution in [-0.2, 0) is 24.0 Å². The number of amides is 2. The van der Waals surface area contributed by atoms with Gasteiger partial charge >= 0.3 is 11.9 Å². The molecule has 2 aliphatic rings. The van der Waals surface area contributed by atoms with Crippen molar-refractivity contribution < 1.29 is 44.4 Å². The van der Waals surface area contributed by atoms with Crippen LogP contribution in [0.5, 0.6) is 11.5 Å². The Labute approximate surface area is 270 Å². The van der Waals surface area contributed by atoms with Crippen LogP contribution in [0.15, 0.2) is 51.2 Å². The van der Waals surface area contributed by atoms with Gasteiger partial charge in [0.1, 0.15) is 34.4 Å². The van der Waals surface area contributed by atoms with Gasteiger partial charge in [-0.3, -0.25) is 14.5 Å². The molecule has 1 fully saturated rings. The maximum atomic E-state index is 13.4. The van der Waals surface area contributed by atoms with Gasteiger partial charge in [-0.15, -0.1) is 23.1 Å². The topological polar surface area (TPSA) is 303 Å². The van der Waals surface area contributed by atoms with Crippen molar-refractivity contribution in [2.75, 3.05) is 28.7 Å². The lowest BCUT2D eigenvalue weighted by atomic mass is 10.0. The number of nitrogens with one attached hydrogen (secondary N) is 1. The van der Waals surface area contributed by atoms with E-state index < -0.39 is 58.5 Å². The van der Waals surface area contributed by atoms with E-state index in [4.69, 9.17) is 22.0 Å². The SMILES string of the molecule is Nc1cc(N)nc(SCC2=C(C(=O)O)N3C(=O)[C@@H](NC(=O)/C(=N/O[C@H](C(=O)O)c4ccc(O)c(O)c4)c4csc(N)n4)[C@H]3SC2)n1. The van der Waals surface area contributed by atoms with E-state index >= 15 is 0 Å². The number of anilines is 3. The van der Waals surface area contributed by atoms with E-state index in [2.05, 4.69) is 25.4 Å². The number of aliphatic carboxylic acids is 2. The number of β-lactam (4-membered cyclic amide) rings is 1. The summed E-state index contributed by atoms with van der Waals surface area (Å²) in [7, 11) is 0. The predicted molar refractivity (Wildman–Crippen MR) is 166 cm³/mol. The summed E-state index contributed by atoms with van der Waals surface area (Å²) in [5, 5.41) is 46.1. The van der Waals surface area contributed by atoms with Crippen LogP contribution in [0.25, 0.3) is 0 Å². The van der Waals surface area contributed by atoms with Gasteiger partial charge in [0.05, 0.1) is 0 Å². The number of carbonyl (C=O) groups excluding carboxylic acids is 2. The average Bonchev–Trinajstić information content (AvgIpc) is 3.42. The molecule has 18 nitrogen and oxygen atoms in total. The van der Waals surface area contributed by atoms with Gasteiger partial charge in [0.15, 0.2) is 27.5 Å². The van der Waals surface area contributed by atoms with Gasteiger partial charge in [-0.25, -0.2) is 24.5 Å². The monoisotopic (exact) mass is 689 g/mol. The highest BCUT2D eigenvalue weighted by Crippen LogP contribution is 2.41. The number of phenols is 2. The number of oxime groups is 1. The number of benzene rings is 1. The molecule has 1 saturated heterocycles. The summed E-state index contributed by atoms with van der Waals surface area (Å²) in [5.41, 5.74) is 16.6. The molecule has 5 rings (SSSR count). The molecule has 240 valence electrons. The van der Waals surface area contributed by atoms with Crippen molar-refractivity contribution in [3.05, 3.63) is 52.2 Å². The second kappa shape index (κ2) is 13.0. The smallest absolute Gasteiger partial charge is 0.352 e. The number of aromatic hydroxyl groups is 2. The zero-order valence-corrected chi connectivity index (χ0v) is 25.5. The fourth-order valence-electron chi connectivity index (χ4n) is 4.34. The molecule has 21 heteroatoms. The number of thioether (sulfide) groups is 2. The molecular formula is C25H23N9O9S3. The van der Waals surface area contributed by atoms with Gasteiger partial charge < -0.3 is 47.8 Å². The third kappa shape index (κ3) is 6.55. The molecule has 46 heavy (non-hydrogen) atoms. The van der Waals surface area contributed by atoms with E-state index in [0.717, 1.165) is 40.1 Å². The van der Waals surface area contributed by atoms with Crippen LogP contribution in [0.2, 0.25) is 0 Å². The van der Waals surface area contributed by atoms with Crippen molar-refractivity contribution in [1.29, 1.82) is 0 Å². The normalized spacial score (nSPS) is 18.4. The highest BCUT2D eigenvalue weighted by molar-refractivity contribution is 8.01. The number of hydrogen-bond acceptors (Lipinski definition) is 17. The van der Waals surface area contributed by atoms with Crippen LogP contribution in [0.3, 0.4) is 0 Å². The van der Waals surface area contributed by atoms with E-state index in [1.165, 1.54) is 29.3 Å². The van der Waals surface area contributed by atoms with E-state index in [1.807, 2.05) is 0 Å². The Morgan fingerprint density at radius 1 is 1.11 bits per heavy atom. The van der Waals surface area contributed by atoms with Crippen LogP contribution in [0.4, 0.5) is 16.8 Å². The molecule has 0 aliphatic carbocycles. The second-order valence-electron chi connectivity index (χ2n) is 9.49. The van der Waals surface area contributed by atoms with Crippen LogP contribution < -0.4 is 22.5 Å². The molecule has 0 spiro atoms. The Balaban J connectivity index is 1.35. The summed E-state index contributed by atoms with van der Waals surface area (Å²) in [6.45, 7) is 0. The number of fused-ring (bicyclic) bond motifs is 1. The first kappa shape index (κ1) is 32.1. The maximum Gasteiger partial charge on any atom is 0.352 e. The number of hydrogen-bond donors (Lipinski definition) is 8. The van der Waals surface area contributed by atoms with Crippen molar-refractivity contribution in [3.63, 3.8) is 0 Å². The van der Waals surface area contributed by atoms with Crippen LogP contribution in [0.1, 0.15) is 17.4 Å². The third-order valence-corrected chi connectivity index (χ3v) is 9.36. The Bertz CT molecular complexity index is 1800. The summed E-state index contributed by atoms with van der Waals surface area (Å²) in [5.74, 6) is -5.10. The molecule has 0 bridgehead atoms. The van der Waals surface area contributed by atoms with Crippen LogP contribution in [0, 0.1) is 0 Å². The molecule has 0 saturated carbocycles. The number of phenolic OH excluding ortho intramolecular Hbond substituents is 2. The quantitative estimate of drug-likeness (QED) is 0.0332. The molecule has 4 heterocycles. The largest absolute Gasteiger partial charge is 0.504 e. The van der Waals surface area contributed by atoms with Gasteiger partial charge in [0.25, 0.3) is 11.8 Å². The molecule has 2 amide bonds. The number of thiazole rings is 1. The average molecular weight is 690 g/mol. The number of nitrogens with zero attached hydrogens (tertiary/aromatic N) is 5. The summed E-state index contributed by atoms with van der Waals surface area (Å²) in [4.78, 5) is 69.2. The first-order valence-corrected chi connectivity index (χ1v) is 15.7. The van der Waals surface area contributed by atoms with E-state index in [0.29, 0.717) is 5.57 Å². The number of nitrogen functional groups attached to an aromatic ring is 3. The highest BCUT2D eigenvalue weighted by Gasteiger charge is 2.54. The number of nitrogens with two attached hydrogens (primary N) is 3. The number of carboxylic acids is 2. The van der Waals surface area contributed by atoms with Crippen molar-refractivity contribution in [2.45, 2.75) is 22.7 Å². The van der Waals surface area contributed by atoms with E-state index in [-0.39, 0.29) is 50.4 Å². The second-order valence-corrected chi connectivity index (χ2v) is 12.4. The molecule has 11 N–H and O–H groups in total. The van der Waals surface area contributed by atoms with Crippen LogP contribution in [-0.4, -0.2) is 92.7 Å². The van der Waals surface area contributed by atoms with Gasteiger partial charge in [-0.05, 0) is 17.7 Å². The van der Waals surface area contributed by atoms with Crippen molar-refractivity contribution in [2.24, 2.45) is 5.16 Å². The standard InChI is InChI=1S/C25H23N9O9S3/c26-13-4-14(27)31-25(30-13)46-6-9-5-44-21-16(20(38)34(21)17(9)22(39)40)32-19(37)15(10-7-45-24(28)29-10)33-43-18(23(41)42)8-1-2-11(35)12(36)3-8/h1-4,7,16,18,21,35-36H,5-6H2,(H2,28,29)(H,32,37)(H,39,40)(H,41,42)(H4,26,27,30,31)/b33-15+/t16-,18+,21-/m1/s1. The van der Waals surface area contributed by atoms with Gasteiger partial charge in [0.2, 0.25) is 6.10 Å². The highest BCUT2D eigenvalue weighted by atomic mass is 32.2. The van der Waals surface area contributed by atoms with Gasteiger partial charge in [-0.1, -0.05) is 23.0 Å². The lowest BCUT2D eigenvalue weighted by molar-refractivity contribution is -0.151. The lowest BCUT2D eigenvalue weighted by Gasteiger charge is -2.49. The minimum Gasteiger partial charge on any atom is -0.504 e. The molecule has 2 aromatic heterocycles. The minimum atomic E-state index is -1.83. The predicted octanol–water partition coefficient (Wildman–Crippen LogP) is 0.168.